The minimum Gasteiger partial charge on any atom is -0.365 e. The van der Waals surface area contributed by atoms with Crippen LogP contribution >= 0.6 is 12.2 Å². The van der Waals surface area contributed by atoms with E-state index in [0.717, 1.165) is 26.2 Å². The Morgan fingerprint density at radius 1 is 1.22 bits per heavy atom. The van der Waals surface area contributed by atoms with Gasteiger partial charge in [0.05, 0.1) is 11.5 Å². The van der Waals surface area contributed by atoms with Crippen LogP contribution in [0.1, 0.15) is 5.56 Å². The Balaban J connectivity index is 1.43. The minimum atomic E-state index is -0.426. The van der Waals surface area contributed by atoms with Gasteiger partial charge in [-0.25, -0.2) is 0 Å². The maximum Gasteiger partial charge on any atom is 0.269 e. The number of hydrogen-bond donors (Lipinski definition) is 3. The molecule has 0 radical (unpaired) electrons. The first-order valence-corrected chi connectivity index (χ1v) is 9.29. The van der Waals surface area contributed by atoms with Crippen LogP contribution in [0.5, 0.6) is 0 Å². The molecule has 3 N–H and O–H groups in total. The van der Waals surface area contributed by atoms with Crippen LogP contribution in [0.4, 0.5) is 11.4 Å². The number of benzene rings is 2. The second-order valence-corrected chi connectivity index (χ2v) is 6.91. The van der Waals surface area contributed by atoms with Crippen LogP contribution in [-0.2, 0) is 11.3 Å². The summed E-state index contributed by atoms with van der Waals surface area (Å²) in [7, 11) is 0. The van der Waals surface area contributed by atoms with Gasteiger partial charge < -0.3 is 20.3 Å². The van der Waals surface area contributed by atoms with Crippen molar-refractivity contribution in [3.05, 3.63) is 70.3 Å². The molecule has 1 aliphatic rings. The number of nitrogens with zero attached hydrogens (tertiary/aromatic N) is 1. The van der Waals surface area contributed by atoms with Gasteiger partial charge >= 0.3 is 0 Å². The zero-order valence-electron chi connectivity index (χ0n) is 14.9. The number of nitro benzene ring substituents is 1. The van der Waals surface area contributed by atoms with Crippen molar-refractivity contribution >= 4 is 28.7 Å². The maximum atomic E-state index is 10.7. The Labute approximate surface area is 163 Å². The fourth-order valence-electron chi connectivity index (χ4n) is 3.08. The van der Waals surface area contributed by atoms with E-state index in [1.807, 2.05) is 6.07 Å². The monoisotopic (exact) mass is 387 g/mol. The van der Waals surface area contributed by atoms with Crippen molar-refractivity contribution < 1.29 is 14.6 Å². The zero-order valence-corrected chi connectivity index (χ0v) is 15.7. The zero-order chi connectivity index (χ0) is 19.1. The van der Waals surface area contributed by atoms with Gasteiger partial charge in [0.2, 0.25) is 0 Å². The number of thiocarbonyl (C=S) groups is 1. The molecule has 1 saturated heterocycles. The van der Waals surface area contributed by atoms with Gasteiger partial charge in [0.25, 0.3) is 5.69 Å². The number of anilines is 1. The lowest BCUT2D eigenvalue weighted by Gasteiger charge is -2.30. The van der Waals surface area contributed by atoms with Crippen LogP contribution in [0.15, 0.2) is 54.6 Å². The molecule has 0 aliphatic carbocycles. The second kappa shape index (κ2) is 9.40. The van der Waals surface area contributed by atoms with E-state index in [0.29, 0.717) is 17.3 Å². The molecule has 0 saturated carbocycles. The lowest BCUT2D eigenvalue weighted by molar-refractivity contribution is -0.925. The molecule has 1 heterocycles. The molecule has 0 aromatic heterocycles. The van der Waals surface area contributed by atoms with E-state index in [1.165, 1.54) is 22.6 Å². The van der Waals surface area contributed by atoms with E-state index < -0.39 is 4.92 Å². The molecule has 2 atom stereocenters. The highest BCUT2D eigenvalue weighted by atomic mass is 32.1. The summed E-state index contributed by atoms with van der Waals surface area (Å²) in [6, 6.07) is 16.6. The third-order valence-corrected chi connectivity index (χ3v) is 4.70. The number of hydrogen-bond acceptors (Lipinski definition) is 4. The molecule has 27 heavy (non-hydrogen) atoms. The van der Waals surface area contributed by atoms with Crippen molar-refractivity contribution in [1.29, 1.82) is 0 Å². The fraction of sp³-hybridized carbons (Fsp3) is 0.316. The molecule has 0 bridgehead atoms. The average Bonchev–Trinajstić information content (AvgIpc) is 2.68. The first-order valence-electron chi connectivity index (χ1n) is 8.88. The number of morpholine rings is 1. The molecule has 2 aromatic carbocycles. The van der Waals surface area contributed by atoms with E-state index in [2.05, 4.69) is 34.9 Å². The third kappa shape index (κ3) is 5.99. The van der Waals surface area contributed by atoms with Crippen LogP contribution < -0.4 is 15.5 Å². The predicted molar refractivity (Wildman–Crippen MR) is 108 cm³/mol. The molecule has 1 unspecified atom stereocenters. The van der Waals surface area contributed by atoms with E-state index in [1.54, 1.807) is 12.1 Å². The Morgan fingerprint density at radius 3 is 2.67 bits per heavy atom. The van der Waals surface area contributed by atoms with Crippen LogP contribution in [-0.4, -0.2) is 42.4 Å². The highest BCUT2D eigenvalue weighted by molar-refractivity contribution is 7.80. The summed E-state index contributed by atoms with van der Waals surface area (Å²) in [6.07, 6.45) is 0.0917. The Bertz CT molecular complexity index is 770. The molecule has 142 valence electrons. The summed E-state index contributed by atoms with van der Waals surface area (Å²) in [4.78, 5) is 11.8. The highest BCUT2D eigenvalue weighted by Crippen LogP contribution is 2.15. The third-order valence-electron chi connectivity index (χ3n) is 4.45. The number of nitro groups is 1. The number of rotatable bonds is 6. The van der Waals surface area contributed by atoms with Gasteiger partial charge in [0.15, 0.2) is 5.11 Å². The van der Waals surface area contributed by atoms with Gasteiger partial charge in [0.1, 0.15) is 25.7 Å². The molecule has 1 fully saturated rings. The normalized spacial score (nSPS) is 19.3. The Kier molecular flexibility index (Phi) is 6.69. The van der Waals surface area contributed by atoms with Crippen LogP contribution in [0.25, 0.3) is 0 Å². The van der Waals surface area contributed by atoms with E-state index in [9.17, 15) is 10.1 Å². The van der Waals surface area contributed by atoms with Crippen LogP contribution in [0, 0.1) is 10.1 Å². The van der Waals surface area contributed by atoms with Gasteiger partial charge in [-0.1, -0.05) is 30.3 Å². The molecule has 0 amide bonds. The van der Waals surface area contributed by atoms with Crippen molar-refractivity contribution in [2.45, 2.75) is 12.6 Å². The number of quaternary nitrogens is 1. The van der Waals surface area contributed by atoms with Gasteiger partial charge in [-0.3, -0.25) is 10.1 Å². The van der Waals surface area contributed by atoms with Crippen molar-refractivity contribution in [3.63, 3.8) is 0 Å². The Hall–Kier alpha value is -2.55. The van der Waals surface area contributed by atoms with Crippen molar-refractivity contribution in [2.75, 3.05) is 31.6 Å². The van der Waals surface area contributed by atoms with Crippen molar-refractivity contribution in [3.8, 4) is 0 Å². The van der Waals surface area contributed by atoms with Gasteiger partial charge in [-0.05, 0) is 24.4 Å². The highest BCUT2D eigenvalue weighted by Gasteiger charge is 2.23. The number of non-ortho nitro benzene ring substituents is 1. The first kappa shape index (κ1) is 19.2. The summed E-state index contributed by atoms with van der Waals surface area (Å²) < 4.78 is 5.84. The van der Waals surface area contributed by atoms with Gasteiger partial charge in [-0.15, -0.1) is 0 Å². The quantitative estimate of drug-likeness (QED) is 0.395. The molecular formula is C19H23N4O3S+. The molecule has 7 nitrogen and oxygen atoms in total. The van der Waals surface area contributed by atoms with Crippen molar-refractivity contribution in [2.24, 2.45) is 0 Å². The lowest BCUT2D eigenvalue weighted by Crippen LogP contribution is -3.13. The SMILES string of the molecule is O=[N+]([O-])c1ccc(NC(=S)NC[C@@H]2C[NH+](Cc3ccccc3)CCO2)cc1. The average molecular weight is 387 g/mol. The van der Waals surface area contributed by atoms with E-state index in [-0.39, 0.29) is 11.8 Å². The predicted octanol–water partition coefficient (Wildman–Crippen LogP) is 1.37. The summed E-state index contributed by atoms with van der Waals surface area (Å²) in [5, 5.41) is 17.4. The number of nitrogens with one attached hydrogen (secondary N) is 3. The standard InChI is InChI=1S/C19H22N4O3S/c24-23(25)17-8-6-16(7-9-17)21-19(27)20-12-18-14-22(10-11-26-18)13-15-4-2-1-3-5-15/h1-9,18H,10-14H2,(H2,20,21,27)/p+1/t18-/m1/s1. The lowest BCUT2D eigenvalue weighted by atomic mass is 10.2. The number of ether oxygens (including phenoxy) is 1. The largest absolute Gasteiger partial charge is 0.365 e. The fourth-order valence-corrected chi connectivity index (χ4v) is 3.28. The summed E-state index contributed by atoms with van der Waals surface area (Å²) >= 11 is 5.30. The maximum absolute atomic E-state index is 10.7. The molecule has 2 aromatic rings. The molecule has 1 aliphatic heterocycles. The molecule has 0 spiro atoms. The van der Waals surface area contributed by atoms with Gasteiger partial charge in [-0.2, -0.15) is 0 Å². The summed E-state index contributed by atoms with van der Waals surface area (Å²) in [5.74, 6) is 0. The second-order valence-electron chi connectivity index (χ2n) is 6.50. The van der Waals surface area contributed by atoms with E-state index >= 15 is 0 Å². The smallest absolute Gasteiger partial charge is 0.269 e. The molecule has 3 rings (SSSR count). The summed E-state index contributed by atoms with van der Waals surface area (Å²) in [6.45, 7) is 4.26. The van der Waals surface area contributed by atoms with Crippen molar-refractivity contribution in [1.82, 2.24) is 5.32 Å². The molecular weight excluding hydrogens is 364 g/mol. The molecule has 8 heteroatoms. The minimum absolute atomic E-state index is 0.0523. The van der Waals surface area contributed by atoms with E-state index in [4.69, 9.17) is 17.0 Å². The Morgan fingerprint density at radius 2 is 1.96 bits per heavy atom. The first-order chi connectivity index (χ1) is 13.1. The van der Waals surface area contributed by atoms with Crippen LogP contribution in [0.2, 0.25) is 0 Å². The summed E-state index contributed by atoms with van der Waals surface area (Å²) in [5.41, 5.74) is 2.09. The van der Waals surface area contributed by atoms with Gasteiger partial charge in [0, 0.05) is 29.9 Å². The van der Waals surface area contributed by atoms with Crippen LogP contribution in [0.3, 0.4) is 0 Å². The topological polar surface area (TPSA) is 80.9 Å².